The molecule has 0 aromatic heterocycles. The molecule has 0 bridgehead atoms. The van der Waals surface area contributed by atoms with Crippen LogP contribution < -0.4 is 10.6 Å². The second-order valence-corrected chi connectivity index (χ2v) is 4.88. The first-order valence-electron chi connectivity index (χ1n) is 7.97. The molecule has 0 spiro atoms. The van der Waals surface area contributed by atoms with Crippen molar-refractivity contribution < 1.29 is 10.2 Å². The molecule has 4 heteroatoms. The van der Waals surface area contributed by atoms with Crippen LogP contribution in [0.15, 0.2) is 24.3 Å². The Bertz CT molecular complexity index is 496. The predicted octanol–water partition coefficient (Wildman–Crippen LogP) is 3.34. The molecular weight excluding hydrogens is 276 g/mol. The third-order valence-corrected chi connectivity index (χ3v) is 3.17. The monoisotopic (exact) mass is 304 g/mol. The molecule has 0 saturated heterocycles. The zero-order valence-electron chi connectivity index (χ0n) is 13.6. The molecule has 0 aliphatic heterocycles. The summed E-state index contributed by atoms with van der Waals surface area (Å²) in [5.41, 5.74) is 4.35. The van der Waals surface area contributed by atoms with Crippen LogP contribution in [0.3, 0.4) is 0 Å². The summed E-state index contributed by atoms with van der Waals surface area (Å²) >= 11 is 0. The maximum Gasteiger partial charge on any atom is 0.0655 e. The Balaban J connectivity index is 3.26. The molecule has 1 rings (SSSR count). The normalized spacial score (nSPS) is 11.5. The van der Waals surface area contributed by atoms with E-state index < -0.39 is 0 Å². The maximum atomic E-state index is 8.98. The third-order valence-electron chi connectivity index (χ3n) is 3.17. The standard InChI is InChI=1S/C18H28N2O2/c1-3-19-17-12-11-15(9-5-7-13-21)16(10-6-8-14-22)18(17)20-4-2/h5-6,9-12,19-22H,3-4,7-8,13-14H2,1-2H3. The van der Waals surface area contributed by atoms with Gasteiger partial charge in [0.25, 0.3) is 0 Å². The highest BCUT2D eigenvalue weighted by atomic mass is 16.3. The van der Waals surface area contributed by atoms with E-state index in [2.05, 4.69) is 36.6 Å². The van der Waals surface area contributed by atoms with Gasteiger partial charge in [-0.1, -0.05) is 30.4 Å². The first-order valence-corrected chi connectivity index (χ1v) is 7.97. The van der Waals surface area contributed by atoms with Crippen LogP contribution in [0.2, 0.25) is 0 Å². The molecule has 0 saturated carbocycles. The van der Waals surface area contributed by atoms with Crippen LogP contribution in [0, 0.1) is 0 Å². The summed E-state index contributed by atoms with van der Waals surface area (Å²) in [5.74, 6) is 0. The van der Waals surface area contributed by atoms with Gasteiger partial charge in [0.1, 0.15) is 0 Å². The zero-order chi connectivity index (χ0) is 16.2. The fourth-order valence-corrected chi connectivity index (χ4v) is 2.23. The van der Waals surface area contributed by atoms with E-state index in [1.165, 1.54) is 0 Å². The number of anilines is 2. The number of aliphatic hydroxyl groups is 2. The van der Waals surface area contributed by atoms with Gasteiger partial charge < -0.3 is 20.8 Å². The van der Waals surface area contributed by atoms with E-state index in [1.807, 2.05) is 24.3 Å². The van der Waals surface area contributed by atoms with Crippen molar-refractivity contribution in [2.45, 2.75) is 26.7 Å². The molecule has 1 aromatic rings. The average Bonchev–Trinajstić information content (AvgIpc) is 2.52. The van der Waals surface area contributed by atoms with Crippen LogP contribution in [0.4, 0.5) is 11.4 Å². The van der Waals surface area contributed by atoms with E-state index >= 15 is 0 Å². The Morgan fingerprint density at radius 3 is 2.14 bits per heavy atom. The molecule has 0 aliphatic carbocycles. The highest BCUT2D eigenvalue weighted by Gasteiger charge is 2.09. The molecule has 0 radical (unpaired) electrons. The van der Waals surface area contributed by atoms with Gasteiger partial charge in [0.2, 0.25) is 0 Å². The molecule has 1 aromatic carbocycles. The molecule has 0 heterocycles. The Kier molecular flexibility index (Phi) is 9.03. The van der Waals surface area contributed by atoms with Gasteiger partial charge in [0, 0.05) is 31.9 Å². The Labute approximate surface area is 133 Å². The first-order chi connectivity index (χ1) is 10.8. The molecule has 22 heavy (non-hydrogen) atoms. The van der Waals surface area contributed by atoms with Gasteiger partial charge in [-0.05, 0) is 38.3 Å². The van der Waals surface area contributed by atoms with E-state index in [0.29, 0.717) is 12.8 Å². The molecule has 4 N–H and O–H groups in total. The van der Waals surface area contributed by atoms with Crippen molar-refractivity contribution in [3.63, 3.8) is 0 Å². The van der Waals surface area contributed by atoms with Crippen LogP contribution >= 0.6 is 0 Å². The van der Waals surface area contributed by atoms with Gasteiger partial charge in [-0.2, -0.15) is 0 Å². The van der Waals surface area contributed by atoms with Crippen LogP contribution in [0.25, 0.3) is 12.2 Å². The molecule has 0 fully saturated rings. The number of hydrogen-bond acceptors (Lipinski definition) is 4. The average molecular weight is 304 g/mol. The summed E-state index contributed by atoms with van der Waals surface area (Å²) in [6.07, 6.45) is 9.32. The Hall–Kier alpha value is -1.78. The number of nitrogens with one attached hydrogen (secondary N) is 2. The van der Waals surface area contributed by atoms with Crippen molar-refractivity contribution in [2.75, 3.05) is 36.9 Å². The lowest BCUT2D eigenvalue weighted by Crippen LogP contribution is -2.06. The predicted molar refractivity (Wildman–Crippen MR) is 96.2 cm³/mol. The van der Waals surface area contributed by atoms with Crippen molar-refractivity contribution in [3.05, 3.63) is 35.4 Å². The molecular formula is C18H28N2O2. The topological polar surface area (TPSA) is 64.5 Å². The van der Waals surface area contributed by atoms with Gasteiger partial charge >= 0.3 is 0 Å². The zero-order valence-corrected chi connectivity index (χ0v) is 13.6. The first kappa shape index (κ1) is 18.3. The summed E-state index contributed by atoms with van der Waals surface area (Å²) in [4.78, 5) is 0. The molecule has 122 valence electrons. The summed E-state index contributed by atoms with van der Waals surface area (Å²) in [5, 5.41) is 24.7. The van der Waals surface area contributed by atoms with E-state index in [9.17, 15) is 0 Å². The summed E-state index contributed by atoms with van der Waals surface area (Å²) in [6, 6.07) is 4.15. The quantitative estimate of drug-likeness (QED) is 0.535. The molecule has 0 atom stereocenters. The van der Waals surface area contributed by atoms with Crippen molar-refractivity contribution in [1.29, 1.82) is 0 Å². The minimum atomic E-state index is 0.148. The van der Waals surface area contributed by atoms with Crippen molar-refractivity contribution >= 4 is 23.5 Å². The largest absolute Gasteiger partial charge is 0.396 e. The summed E-state index contributed by atoms with van der Waals surface area (Å²) in [7, 11) is 0. The number of hydrogen-bond donors (Lipinski definition) is 4. The smallest absolute Gasteiger partial charge is 0.0655 e. The number of rotatable bonds is 10. The van der Waals surface area contributed by atoms with Crippen molar-refractivity contribution in [3.8, 4) is 0 Å². The van der Waals surface area contributed by atoms with Gasteiger partial charge in [0.15, 0.2) is 0 Å². The van der Waals surface area contributed by atoms with Gasteiger partial charge in [0.05, 0.1) is 11.4 Å². The highest BCUT2D eigenvalue weighted by Crippen LogP contribution is 2.31. The maximum absolute atomic E-state index is 8.98. The van der Waals surface area contributed by atoms with E-state index in [4.69, 9.17) is 10.2 Å². The van der Waals surface area contributed by atoms with Crippen LogP contribution in [-0.4, -0.2) is 36.5 Å². The van der Waals surface area contributed by atoms with Crippen LogP contribution in [0.1, 0.15) is 37.8 Å². The van der Waals surface area contributed by atoms with Crippen molar-refractivity contribution in [2.24, 2.45) is 0 Å². The van der Waals surface area contributed by atoms with E-state index in [0.717, 1.165) is 35.6 Å². The highest BCUT2D eigenvalue weighted by molar-refractivity contribution is 5.85. The summed E-state index contributed by atoms with van der Waals surface area (Å²) in [6.45, 7) is 6.15. The fraction of sp³-hybridized carbons (Fsp3) is 0.444. The SMILES string of the molecule is CCNc1ccc(C=CCCO)c(C=CCCO)c1NCC. The molecule has 0 aliphatic rings. The van der Waals surface area contributed by atoms with Gasteiger partial charge in [-0.25, -0.2) is 0 Å². The second kappa shape index (κ2) is 10.9. The van der Waals surface area contributed by atoms with E-state index in [1.54, 1.807) is 0 Å². The molecule has 0 unspecified atom stereocenters. The molecule has 0 amide bonds. The second-order valence-electron chi connectivity index (χ2n) is 4.88. The van der Waals surface area contributed by atoms with Crippen molar-refractivity contribution in [1.82, 2.24) is 0 Å². The minimum Gasteiger partial charge on any atom is -0.396 e. The Morgan fingerprint density at radius 2 is 1.55 bits per heavy atom. The molecule has 4 nitrogen and oxygen atoms in total. The van der Waals surface area contributed by atoms with Gasteiger partial charge in [-0.15, -0.1) is 0 Å². The lowest BCUT2D eigenvalue weighted by Gasteiger charge is -2.17. The summed E-state index contributed by atoms with van der Waals surface area (Å²) < 4.78 is 0. The van der Waals surface area contributed by atoms with Crippen LogP contribution in [0.5, 0.6) is 0 Å². The number of aliphatic hydroxyl groups excluding tert-OH is 2. The van der Waals surface area contributed by atoms with Gasteiger partial charge in [-0.3, -0.25) is 0 Å². The number of benzene rings is 1. The third kappa shape index (κ3) is 5.54. The Morgan fingerprint density at radius 1 is 0.909 bits per heavy atom. The lowest BCUT2D eigenvalue weighted by molar-refractivity contribution is 0.302. The lowest BCUT2D eigenvalue weighted by atomic mass is 10.0. The fourth-order valence-electron chi connectivity index (χ4n) is 2.23. The minimum absolute atomic E-state index is 0.148. The van der Waals surface area contributed by atoms with E-state index in [-0.39, 0.29) is 13.2 Å². The van der Waals surface area contributed by atoms with Crippen LogP contribution in [-0.2, 0) is 0 Å².